The molecule has 1 unspecified atom stereocenters. The fourth-order valence-electron chi connectivity index (χ4n) is 4.05. The van der Waals surface area contributed by atoms with Crippen molar-refractivity contribution in [1.82, 2.24) is 20.1 Å². The molecule has 1 amide bonds. The number of aromatic nitrogens is 3. The number of pyridine rings is 1. The predicted octanol–water partition coefficient (Wildman–Crippen LogP) is 3.02. The van der Waals surface area contributed by atoms with Gasteiger partial charge in [0.1, 0.15) is 11.5 Å². The summed E-state index contributed by atoms with van der Waals surface area (Å²) in [5.74, 6) is -0.540. The number of carbonyl (C=O) groups is 1. The number of amides is 1. The number of nitrogens with one attached hydrogen (secondary N) is 1. The Hall–Kier alpha value is -4.10. The third-order valence-corrected chi connectivity index (χ3v) is 7.47. The summed E-state index contributed by atoms with van der Waals surface area (Å²) >= 11 is 0. The van der Waals surface area contributed by atoms with Crippen molar-refractivity contribution >= 4 is 26.6 Å². The van der Waals surface area contributed by atoms with Crippen molar-refractivity contribution in [2.45, 2.75) is 12.5 Å². The fourth-order valence-corrected chi connectivity index (χ4v) is 5.72. The van der Waals surface area contributed by atoms with Gasteiger partial charge in [0.05, 0.1) is 34.9 Å². The van der Waals surface area contributed by atoms with Crippen molar-refractivity contribution < 1.29 is 17.6 Å². The van der Waals surface area contributed by atoms with Gasteiger partial charge in [-0.05, 0) is 48.9 Å². The highest BCUT2D eigenvalue weighted by atomic mass is 32.2. The highest BCUT2D eigenvalue weighted by molar-refractivity contribution is 7.91. The third kappa shape index (κ3) is 4.13. The SMILES string of the molecule is N#Cc1cccc(-c2nn(-c3ccc(F)cn3)c3cc(C(=O)NC4CCS(=O)(=O)C4)ccc23)c1. The molecule has 10 heteroatoms. The number of carbonyl (C=O) groups excluding carboxylic acids is 1. The Bertz CT molecular complexity index is 1570. The zero-order chi connectivity index (χ0) is 23.9. The van der Waals surface area contributed by atoms with E-state index < -0.39 is 27.6 Å². The Balaban J connectivity index is 1.60. The van der Waals surface area contributed by atoms with Crippen molar-refractivity contribution in [1.29, 1.82) is 5.26 Å². The summed E-state index contributed by atoms with van der Waals surface area (Å²) in [6, 6.07) is 16.4. The van der Waals surface area contributed by atoms with Crippen LogP contribution in [0.3, 0.4) is 0 Å². The first-order chi connectivity index (χ1) is 16.3. The summed E-state index contributed by atoms with van der Waals surface area (Å²) in [6.45, 7) is 0. The molecule has 0 aliphatic carbocycles. The molecular formula is C24H18FN5O3S. The largest absolute Gasteiger partial charge is 0.348 e. The second-order valence-electron chi connectivity index (χ2n) is 8.09. The molecule has 1 aliphatic heterocycles. The van der Waals surface area contributed by atoms with E-state index in [4.69, 9.17) is 0 Å². The second-order valence-corrected chi connectivity index (χ2v) is 10.3. The molecule has 4 aromatic rings. The standard InChI is InChI=1S/C24H18FN5O3S/c25-18-5-7-22(27-13-18)30-21-11-17(24(31)28-19-8-9-34(32,33)14-19)4-6-20(21)23(29-30)16-3-1-2-15(10-16)12-26/h1-7,10-11,13,19H,8-9,14H2,(H,28,31). The molecule has 34 heavy (non-hydrogen) atoms. The molecule has 1 aliphatic rings. The lowest BCUT2D eigenvalue weighted by molar-refractivity contribution is 0.0941. The lowest BCUT2D eigenvalue weighted by Crippen LogP contribution is -2.35. The van der Waals surface area contributed by atoms with Crippen LogP contribution in [0.4, 0.5) is 4.39 Å². The van der Waals surface area contributed by atoms with Gasteiger partial charge >= 0.3 is 0 Å². The molecule has 1 atom stereocenters. The van der Waals surface area contributed by atoms with Gasteiger partial charge in [0.15, 0.2) is 15.7 Å². The maximum absolute atomic E-state index is 13.5. The van der Waals surface area contributed by atoms with Gasteiger partial charge in [-0.1, -0.05) is 12.1 Å². The van der Waals surface area contributed by atoms with Crippen LogP contribution < -0.4 is 5.32 Å². The van der Waals surface area contributed by atoms with Crippen LogP contribution >= 0.6 is 0 Å². The van der Waals surface area contributed by atoms with Crippen molar-refractivity contribution in [3.63, 3.8) is 0 Å². The summed E-state index contributed by atoms with van der Waals surface area (Å²) < 4.78 is 38.4. The minimum absolute atomic E-state index is 0.0606. The lowest BCUT2D eigenvalue weighted by atomic mass is 10.0. The average molecular weight is 476 g/mol. The summed E-state index contributed by atoms with van der Waals surface area (Å²) in [6.07, 6.45) is 1.46. The van der Waals surface area contributed by atoms with Gasteiger partial charge < -0.3 is 5.32 Å². The monoisotopic (exact) mass is 475 g/mol. The van der Waals surface area contributed by atoms with Crippen molar-refractivity contribution in [2.75, 3.05) is 11.5 Å². The minimum atomic E-state index is -3.13. The predicted molar refractivity (Wildman–Crippen MR) is 123 cm³/mol. The van der Waals surface area contributed by atoms with Gasteiger partial charge in [-0.15, -0.1) is 0 Å². The molecule has 0 bridgehead atoms. The summed E-state index contributed by atoms with van der Waals surface area (Å²) in [5.41, 5.74) is 2.65. The van der Waals surface area contributed by atoms with Gasteiger partial charge in [-0.2, -0.15) is 10.4 Å². The average Bonchev–Trinajstić information content (AvgIpc) is 3.38. The summed E-state index contributed by atoms with van der Waals surface area (Å²) in [7, 11) is -3.13. The number of halogens is 1. The number of fused-ring (bicyclic) bond motifs is 1. The van der Waals surface area contributed by atoms with E-state index in [1.165, 1.54) is 16.8 Å². The Morgan fingerprint density at radius 2 is 2.03 bits per heavy atom. The van der Waals surface area contributed by atoms with Crippen LogP contribution in [0.15, 0.2) is 60.8 Å². The van der Waals surface area contributed by atoms with Gasteiger partial charge in [0.25, 0.3) is 5.91 Å². The van der Waals surface area contributed by atoms with Crippen molar-refractivity contribution in [3.05, 3.63) is 77.7 Å². The molecule has 170 valence electrons. The van der Waals surface area contributed by atoms with Crippen LogP contribution in [0.25, 0.3) is 28.0 Å². The number of hydrogen-bond acceptors (Lipinski definition) is 6. The Morgan fingerprint density at radius 1 is 1.18 bits per heavy atom. The lowest BCUT2D eigenvalue weighted by Gasteiger charge is -2.11. The van der Waals surface area contributed by atoms with E-state index in [0.29, 0.717) is 45.5 Å². The molecule has 2 aromatic carbocycles. The number of nitrogens with zero attached hydrogens (tertiary/aromatic N) is 4. The van der Waals surface area contributed by atoms with Gasteiger partial charge in [0.2, 0.25) is 0 Å². The first kappa shape index (κ1) is 21.7. The molecular weight excluding hydrogens is 457 g/mol. The van der Waals surface area contributed by atoms with Crippen LogP contribution in [0.2, 0.25) is 0 Å². The normalized spacial score (nSPS) is 16.9. The van der Waals surface area contributed by atoms with E-state index in [-0.39, 0.29) is 11.5 Å². The van der Waals surface area contributed by atoms with Crippen LogP contribution in [0, 0.1) is 17.1 Å². The van der Waals surface area contributed by atoms with E-state index in [2.05, 4.69) is 21.5 Å². The zero-order valence-corrected chi connectivity index (χ0v) is 18.6. The Morgan fingerprint density at radius 3 is 2.74 bits per heavy atom. The quantitative estimate of drug-likeness (QED) is 0.485. The summed E-state index contributed by atoms with van der Waals surface area (Å²) in [4.78, 5) is 17.0. The highest BCUT2D eigenvalue weighted by Crippen LogP contribution is 2.31. The van der Waals surface area contributed by atoms with E-state index in [9.17, 15) is 22.9 Å². The van der Waals surface area contributed by atoms with Crippen LogP contribution in [-0.4, -0.2) is 46.6 Å². The van der Waals surface area contributed by atoms with Crippen molar-refractivity contribution in [2.24, 2.45) is 0 Å². The van der Waals surface area contributed by atoms with Gasteiger partial charge in [-0.3, -0.25) is 4.79 Å². The molecule has 5 rings (SSSR count). The van der Waals surface area contributed by atoms with E-state index in [1.54, 1.807) is 36.4 Å². The molecule has 1 N–H and O–H groups in total. The van der Waals surface area contributed by atoms with E-state index in [0.717, 1.165) is 6.20 Å². The molecule has 3 heterocycles. The molecule has 0 saturated carbocycles. The fraction of sp³-hybridized carbons (Fsp3) is 0.167. The third-order valence-electron chi connectivity index (χ3n) is 5.70. The van der Waals surface area contributed by atoms with Gasteiger partial charge in [0, 0.05) is 22.6 Å². The first-order valence-electron chi connectivity index (χ1n) is 10.5. The number of benzene rings is 2. The van der Waals surface area contributed by atoms with E-state index >= 15 is 0 Å². The van der Waals surface area contributed by atoms with Crippen molar-refractivity contribution in [3.8, 4) is 23.1 Å². The van der Waals surface area contributed by atoms with Crippen LogP contribution in [-0.2, 0) is 9.84 Å². The minimum Gasteiger partial charge on any atom is -0.348 e. The smallest absolute Gasteiger partial charge is 0.251 e. The first-order valence-corrected chi connectivity index (χ1v) is 12.3. The molecule has 8 nitrogen and oxygen atoms in total. The number of rotatable bonds is 4. The van der Waals surface area contributed by atoms with Crippen LogP contribution in [0.5, 0.6) is 0 Å². The number of sulfone groups is 1. The maximum atomic E-state index is 13.5. The number of nitriles is 1. The Kier molecular flexibility index (Phi) is 5.34. The van der Waals surface area contributed by atoms with E-state index in [1.807, 2.05) is 6.07 Å². The maximum Gasteiger partial charge on any atom is 0.251 e. The molecule has 1 fully saturated rings. The Labute approximate surface area is 194 Å². The topological polar surface area (TPSA) is 118 Å². The molecule has 2 aromatic heterocycles. The highest BCUT2D eigenvalue weighted by Gasteiger charge is 2.29. The molecule has 0 spiro atoms. The van der Waals surface area contributed by atoms with Crippen LogP contribution in [0.1, 0.15) is 22.3 Å². The second kappa shape index (κ2) is 8.35. The molecule has 1 saturated heterocycles. The molecule has 0 radical (unpaired) electrons. The van der Waals surface area contributed by atoms with Gasteiger partial charge in [-0.25, -0.2) is 22.5 Å². The summed E-state index contributed by atoms with van der Waals surface area (Å²) in [5, 5.41) is 17.4. The number of hydrogen-bond donors (Lipinski definition) is 1. The zero-order valence-electron chi connectivity index (χ0n) is 17.8.